The first-order valence-electron chi connectivity index (χ1n) is 6.23. The van der Waals surface area contributed by atoms with Crippen LogP contribution >= 0.6 is 27.3 Å². The highest BCUT2D eigenvalue weighted by atomic mass is 79.9. The summed E-state index contributed by atoms with van der Waals surface area (Å²) in [5.74, 6) is 0. The second kappa shape index (κ2) is 5.90. The molecule has 0 aliphatic carbocycles. The minimum absolute atomic E-state index is 0.851. The minimum atomic E-state index is 0.851. The van der Waals surface area contributed by atoms with Gasteiger partial charge in [-0.3, -0.25) is 0 Å². The Labute approximate surface area is 124 Å². The molecule has 0 fully saturated rings. The monoisotopic (exact) mass is 335 g/mol. The first-order chi connectivity index (χ1) is 9.33. The third kappa shape index (κ3) is 3.08. The van der Waals surface area contributed by atoms with Crippen LogP contribution in [0, 0.1) is 0 Å². The molecule has 0 saturated carbocycles. The SMILES string of the molecule is Brc1ccc(CCNCc2coc3ccccc23)s1. The van der Waals surface area contributed by atoms with Crippen LogP contribution in [-0.2, 0) is 13.0 Å². The average molecular weight is 336 g/mol. The lowest BCUT2D eigenvalue weighted by atomic mass is 10.2. The lowest BCUT2D eigenvalue weighted by molar-refractivity contribution is 0.602. The molecule has 3 rings (SSSR count). The maximum absolute atomic E-state index is 5.52. The van der Waals surface area contributed by atoms with Crippen LogP contribution in [0.1, 0.15) is 10.4 Å². The Balaban J connectivity index is 1.55. The number of hydrogen-bond acceptors (Lipinski definition) is 3. The summed E-state index contributed by atoms with van der Waals surface area (Å²) in [6.07, 6.45) is 2.91. The van der Waals surface area contributed by atoms with Crippen molar-refractivity contribution in [2.75, 3.05) is 6.54 Å². The summed E-state index contributed by atoms with van der Waals surface area (Å²) in [5, 5.41) is 4.67. The Morgan fingerprint density at radius 1 is 1.16 bits per heavy atom. The lowest BCUT2D eigenvalue weighted by Crippen LogP contribution is -2.15. The smallest absolute Gasteiger partial charge is 0.134 e. The number of halogens is 1. The second-order valence-electron chi connectivity index (χ2n) is 4.39. The predicted molar refractivity (Wildman–Crippen MR) is 83.6 cm³/mol. The van der Waals surface area contributed by atoms with E-state index >= 15 is 0 Å². The molecule has 0 amide bonds. The fourth-order valence-electron chi connectivity index (χ4n) is 2.09. The van der Waals surface area contributed by atoms with Gasteiger partial charge >= 0.3 is 0 Å². The maximum atomic E-state index is 5.52. The second-order valence-corrected chi connectivity index (χ2v) is 6.94. The van der Waals surface area contributed by atoms with Crippen LogP contribution in [0.5, 0.6) is 0 Å². The van der Waals surface area contributed by atoms with E-state index < -0.39 is 0 Å². The van der Waals surface area contributed by atoms with Gasteiger partial charge in [0.2, 0.25) is 0 Å². The fraction of sp³-hybridized carbons (Fsp3) is 0.200. The van der Waals surface area contributed by atoms with Gasteiger partial charge in [0.1, 0.15) is 5.58 Å². The van der Waals surface area contributed by atoms with Crippen LogP contribution in [0.15, 0.2) is 50.9 Å². The molecule has 0 atom stereocenters. The van der Waals surface area contributed by atoms with Gasteiger partial charge in [0, 0.05) is 28.9 Å². The molecular weight excluding hydrogens is 322 g/mol. The van der Waals surface area contributed by atoms with Crippen molar-refractivity contribution in [3.05, 3.63) is 56.9 Å². The molecule has 0 bridgehead atoms. The van der Waals surface area contributed by atoms with Crippen molar-refractivity contribution in [1.29, 1.82) is 0 Å². The van der Waals surface area contributed by atoms with Gasteiger partial charge in [-0.15, -0.1) is 11.3 Å². The summed E-state index contributed by atoms with van der Waals surface area (Å²) in [6, 6.07) is 12.4. The highest BCUT2D eigenvalue weighted by molar-refractivity contribution is 9.11. The van der Waals surface area contributed by atoms with Gasteiger partial charge in [-0.05, 0) is 40.5 Å². The van der Waals surface area contributed by atoms with Crippen molar-refractivity contribution in [3.63, 3.8) is 0 Å². The minimum Gasteiger partial charge on any atom is -0.464 e. The van der Waals surface area contributed by atoms with E-state index in [2.05, 4.69) is 39.4 Å². The van der Waals surface area contributed by atoms with E-state index in [9.17, 15) is 0 Å². The van der Waals surface area contributed by atoms with Crippen molar-refractivity contribution in [2.45, 2.75) is 13.0 Å². The third-order valence-electron chi connectivity index (χ3n) is 3.05. The first kappa shape index (κ1) is 12.9. The maximum Gasteiger partial charge on any atom is 0.134 e. The van der Waals surface area contributed by atoms with Crippen molar-refractivity contribution in [1.82, 2.24) is 5.32 Å². The van der Waals surface area contributed by atoms with Gasteiger partial charge in [-0.25, -0.2) is 0 Å². The normalized spacial score (nSPS) is 11.2. The van der Waals surface area contributed by atoms with Crippen LogP contribution in [0.3, 0.4) is 0 Å². The Bertz CT molecular complexity index is 673. The molecule has 4 heteroatoms. The zero-order valence-corrected chi connectivity index (χ0v) is 12.8. The molecule has 0 aliphatic rings. The quantitative estimate of drug-likeness (QED) is 0.690. The number of hydrogen-bond donors (Lipinski definition) is 1. The summed E-state index contributed by atoms with van der Waals surface area (Å²) >= 11 is 5.28. The number of benzene rings is 1. The van der Waals surface area contributed by atoms with Crippen LogP contribution in [0.2, 0.25) is 0 Å². The molecule has 0 saturated heterocycles. The molecule has 2 aromatic heterocycles. The third-order valence-corrected chi connectivity index (χ3v) is 4.74. The average Bonchev–Trinajstić information content (AvgIpc) is 3.02. The molecule has 3 aromatic rings. The van der Waals surface area contributed by atoms with Crippen molar-refractivity contribution in [3.8, 4) is 0 Å². The van der Waals surface area contributed by atoms with Crippen molar-refractivity contribution in [2.24, 2.45) is 0 Å². The molecule has 2 heterocycles. The van der Waals surface area contributed by atoms with E-state index in [0.29, 0.717) is 0 Å². The molecule has 0 spiro atoms. The molecule has 0 radical (unpaired) electrons. The summed E-state index contributed by atoms with van der Waals surface area (Å²) in [4.78, 5) is 1.40. The largest absolute Gasteiger partial charge is 0.464 e. The predicted octanol–water partition coefficient (Wildman–Crippen LogP) is 4.59. The van der Waals surface area contributed by atoms with Gasteiger partial charge in [0.15, 0.2) is 0 Å². The summed E-state index contributed by atoms with van der Waals surface area (Å²) in [7, 11) is 0. The molecule has 0 unspecified atom stereocenters. The van der Waals surface area contributed by atoms with E-state index in [-0.39, 0.29) is 0 Å². The zero-order valence-electron chi connectivity index (χ0n) is 10.4. The number of para-hydroxylation sites is 1. The highest BCUT2D eigenvalue weighted by Gasteiger charge is 2.04. The van der Waals surface area contributed by atoms with E-state index in [4.69, 9.17) is 4.42 Å². The van der Waals surface area contributed by atoms with Gasteiger partial charge in [-0.1, -0.05) is 18.2 Å². The fourth-order valence-corrected chi connectivity index (χ4v) is 3.57. The van der Waals surface area contributed by atoms with Gasteiger partial charge < -0.3 is 9.73 Å². The van der Waals surface area contributed by atoms with E-state index in [0.717, 1.165) is 25.1 Å². The van der Waals surface area contributed by atoms with Crippen molar-refractivity contribution < 1.29 is 4.42 Å². The molecular formula is C15H14BrNOS. The molecule has 1 N–H and O–H groups in total. The van der Waals surface area contributed by atoms with Gasteiger partial charge in [0.05, 0.1) is 10.0 Å². The topological polar surface area (TPSA) is 25.2 Å². The Kier molecular flexibility index (Phi) is 4.01. The number of furan rings is 1. The summed E-state index contributed by atoms with van der Waals surface area (Å²) < 4.78 is 6.72. The molecule has 0 aliphatic heterocycles. The van der Waals surface area contributed by atoms with Crippen LogP contribution < -0.4 is 5.32 Å². The molecule has 19 heavy (non-hydrogen) atoms. The highest BCUT2D eigenvalue weighted by Crippen LogP contribution is 2.22. The van der Waals surface area contributed by atoms with Gasteiger partial charge in [0.25, 0.3) is 0 Å². The van der Waals surface area contributed by atoms with E-state index in [1.165, 1.54) is 19.6 Å². The molecule has 98 valence electrons. The zero-order chi connectivity index (χ0) is 13.1. The van der Waals surface area contributed by atoms with Crippen molar-refractivity contribution >= 4 is 38.2 Å². The summed E-state index contributed by atoms with van der Waals surface area (Å²) in [6.45, 7) is 1.83. The van der Waals surface area contributed by atoms with Crippen LogP contribution in [0.4, 0.5) is 0 Å². The molecule has 2 nitrogen and oxygen atoms in total. The van der Waals surface area contributed by atoms with Gasteiger partial charge in [-0.2, -0.15) is 0 Å². The van der Waals surface area contributed by atoms with Crippen LogP contribution in [-0.4, -0.2) is 6.54 Å². The number of thiophene rings is 1. The summed E-state index contributed by atoms with van der Waals surface area (Å²) in [5.41, 5.74) is 2.18. The first-order valence-corrected chi connectivity index (χ1v) is 7.84. The van der Waals surface area contributed by atoms with Crippen LogP contribution in [0.25, 0.3) is 11.0 Å². The standard InChI is InChI=1S/C15H14BrNOS/c16-15-6-5-12(19-15)7-8-17-9-11-10-18-14-4-2-1-3-13(11)14/h1-6,10,17H,7-9H2. The number of fused-ring (bicyclic) bond motifs is 1. The molecule has 1 aromatic carbocycles. The van der Waals surface area contributed by atoms with E-state index in [1.807, 2.05) is 24.5 Å². The Hall–Kier alpha value is -1.10. The Morgan fingerprint density at radius 3 is 2.89 bits per heavy atom. The number of rotatable bonds is 5. The van der Waals surface area contributed by atoms with E-state index in [1.54, 1.807) is 11.3 Å². The lowest BCUT2D eigenvalue weighted by Gasteiger charge is -2.02. The number of nitrogens with one attached hydrogen (secondary N) is 1. The Morgan fingerprint density at radius 2 is 2.05 bits per heavy atom.